The van der Waals surface area contributed by atoms with Crippen LogP contribution in [0.25, 0.3) is 0 Å². The first-order valence-corrected chi connectivity index (χ1v) is 8.63. The van der Waals surface area contributed by atoms with E-state index in [1.165, 1.54) is 0 Å². The molecule has 1 fully saturated rings. The van der Waals surface area contributed by atoms with E-state index in [0.717, 1.165) is 16.0 Å². The number of imide groups is 1. The molecule has 0 radical (unpaired) electrons. The second kappa shape index (κ2) is 6.38. The minimum Gasteiger partial charge on any atom is -0.508 e. The molecule has 0 aromatic heterocycles. The number of nitrogens with zero attached hydrogens (tertiary/aromatic N) is 2. The summed E-state index contributed by atoms with van der Waals surface area (Å²) in [5, 5.41) is 12.3. The summed E-state index contributed by atoms with van der Waals surface area (Å²) in [6.45, 7) is 4.36. The van der Waals surface area contributed by atoms with E-state index in [-0.39, 0.29) is 24.1 Å². The van der Waals surface area contributed by atoms with E-state index >= 15 is 0 Å². The van der Waals surface area contributed by atoms with Crippen molar-refractivity contribution >= 4 is 17.8 Å². The monoisotopic (exact) mass is 345 g/mol. The van der Waals surface area contributed by atoms with E-state index in [4.69, 9.17) is 0 Å². The van der Waals surface area contributed by atoms with Gasteiger partial charge in [-0.05, 0) is 42.5 Å². The Kier molecular flexibility index (Phi) is 4.41. The van der Waals surface area contributed by atoms with Crippen LogP contribution in [0.5, 0.6) is 5.75 Å². The van der Waals surface area contributed by atoms with Gasteiger partial charge >= 0.3 is 6.03 Å². The predicted molar refractivity (Wildman–Crippen MR) is 90.8 cm³/mol. The van der Waals surface area contributed by atoms with Crippen molar-refractivity contribution in [2.45, 2.75) is 45.2 Å². The molecule has 0 bridgehead atoms. The first-order valence-electron chi connectivity index (χ1n) is 8.63. The zero-order chi connectivity index (χ0) is 18.2. The predicted octanol–water partition coefficient (Wildman–Crippen LogP) is 1.39. The summed E-state index contributed by atoms with van der Waals surface area (Å²) in [5.74, 6) is -0.427. The third-order valence-electron chi connectivity index (χ3n) is 5.30. The molecule has 1 aromatic carbocycles. The van der Waals surface area contributed by atoms with Crippen LogP contribution in [0.2, 0.25) is 0 Å². The largest absolute Gasteiger partial charge is 0.508 e. The Balaban J connectivity index is 1.71. The Bertz CT molecular complexity index is 727. The minimum absolute atomic E-state index is 0.165. The SMILES string of the molecule is CCC1(CC)NC(=O)N(CC(=O)N2CCc3ccc(O)cc3C2)C1=O. The molecular formula is C18H23N3O4. The van der Waals surface area contributed by atoms with Gasteiger partial charge in [0.15, 0.2) is 0 Å². The van der Waals surface area contributed by atoms with Crippen LogP contribution in [0.15, 0.2) is 18.2 Å². The summed E-state index contributed by atoms with van der Waals surface area (Å²) in [6, 6.07) is 4.65. The van der Waals surface area contributed by atoms with Gasteiger partial charge in [0.2, 0.25) is 5.91 Å². The van der Waals surface area contributed by atoms with Gasteiger partial charge in [-0.15, -0.1) is 0 Å². The molecule has 1 saturated heterocycles. The zero-order valence-corrected chi connectivity index (χ0v) is 14.5. The van der Waals surface area contributed by atoms with Gasteiger partial charge in [0, 0.05) is 13.1 Å². The Hall–Kier alpha value is -2.57. The summed E-state index contributed by atoms with van der Waals surface area (Å²) in [4.78, 5) is 40.0. The van der Waals surface area contributed by atoms with Crippen LogP contribution < -0.4 is 5.32 Å². The number of carbonyl (C=O) groups excluding carboxylic acids is 3. The molecule has 0 unspecified atom stereocenters. The average Bonchev–Trinajstić information content (AvgIpc) is 2.85. The Morgan fingerprint density at radius 1 is 1.24 bits per heavy atom. The van der Waals surface area contributed by atoms with Gasteiger partial charge in [-0.1, -0.05) is 19.9 Å². The number of phenols is 1. The van der Waals surface area contributed by atoms with E-state index in [1.54, 1.807) is 17.0 Å². The van der Waals surface area contributed by atoms with Crippen molar-refractivity contribution in [3.63, 3.8) is 0 Å². The van der Waals surface area contributed by atoms with Crippen molar-refractivity contribution in [1.29, 1.82) is 0 Å². The number of urea groups is 1. The fourth-order valence-corrected chi connectivity index (χ4v) is 3.54. The lowest BCUT2D eigenvalue weighted by molar-refractivity contribution is -0.139. The molecule has 7 heteroatoms. The summed E-state index contributed by atoms with van der Waals surface area (Å²) in [7, 11) is 0. The van der Waals surface area contributed by atoms with Crippen molar-refractivity contribution in [3.8, 4) is 5.75 Å². The highest BCUT2D eigenvalue weighted by Gasteiger charge is 2.49. The molecule has 0 saturated carbocycles. The van der Waals surface area contributed by atoms with Gasteiger partial charge in [-0.3, -0.25) is 14.5 Å². The number of hydrogen-bond donors (Lipinski definition) is 2. The summed E-state index contributed by atoms with van der Waals surface area (Å²) < 4.78 is 0. The van der Waals surface area contributed by atoms with E-state index in [9.17, 15) is 19.5 Å². The third-order valence-corrected chi connectivity index (χ3v) is 5.30. The van der Waals surface area contributed by atoms with Crippen molar-refractivity contribution in [2.75, 3.05) is 13.1 Å². The smallest absolute Gasteiger partial charge is 0.325 e. The van der Waals surface area contributed by atoms with Crippen molar-refractivity contribution in [3.05, 3.63) is 29.3 Å². The second-order valence-electron chi connectivity index (χ2n) is 6.63. The number of phenolic OH excluding ortho intramolecular Hbond substituents is 1. The maximum Gasteiger partial charge on any atom is 0.325 e. The van der Waals surface area contributed by atoms with Crippen molar-refractivity contribution in [1.82, 2.24) is 15.1 Å². The van der Waals surface area contributed by atoms with E-state index in [2.05, 4.69) is 5.32 Å². The molecule has 0 spiro atoms. The minimum atomic E-state index is -0.891. The molecule has 2 heterocycles. The fraction of sp³-hybridized carbons (Fsp3) is 0.500. The lowest BCUT2D eigenvalue weighted by Crippen LogP contribution is -2.47. The number of amides is 4. The van der Waals surface area contributed by atoms with E-state index in [0.29, 0.717) is 32.4 Å². The number of benzene rings is 1. The molecule has 2 N–H and O–H groups in total. The maximum absolute atomic E-state index is 12.6. The second-order valence-corrected chi connectivity index (χ2v) is 6.63. The van der Waals surface area contributed by atoms with Crippen molar-refractivity contribution < 1.29 is 19.5 Å². The van der Waals surface area contributed by atoms with Gasteiger partial charge in [-0.25, -0.2) is 4.79 Å². The molecule has 0 aliphatic carbocycles. The van der Waals surface area contributed by atoms with Crippen LogP contribution in [-0.2, 0) is 22.6 Å². The highest BCUT2D eigenvalue weighted by atomic mass is 16.3. The molecule has 2 aliphatic heterocycles. The van der Waals surface area contributed by atoms with Gasteiger partial charge in [0.05, 0.1) is 0 Å². The number of rotatable bonds is 4. The molecule has 4 amide bonds. The van der Waals surface area contributed by atoms with Gasteiger partial charge in [-0.2, -0.15) is 0 Å². The number of fused-ring (bicyclic) bond motifs is 1. The van der Waals surface area contributed by atoms with Crippen LogP contribution in [0.3, 0.4) is 0 Å². The van der Waals surface area contributed by atoms with Crippen LogP contribution in [0.1, 0.15) is 37.8 Å². The quantitative estimate of drug-likeness (QED) is 0.807. The third kappa shape index (κ3) is 2.94. The van der Waals surface area contributed by atoms with Crippen LogP contribution >= 0.6 is 0 Å². The molecule has 1 aromatic rings. The highest BCUT2D eigenvalue weighted by molar-refractivity contribution is 6.09. The van der Waals surface area contributed by atoms with E-state index in [1.807, 2.05) is 19.9 Å². The topological polar surface area (TPSA) is 90.0 Å². The zero-order valence-electron chi connectivity index (χ0n) is 14.5. The molecule has 134 valence electrons. The first-order chi connectivity index (χ1) is 11.9. The van der Waals surface area contributed by atoms with Crippen LogP contribution in [-0.4, -0.2) is 51.4 Å². The molecular weight excluding hydrogens is 322 g/mol. The molecule has 7 nitrogen and oxygen atoms in total. The molecule has 2 aliphatic rings. The van der Waals surface area contributed by atoms with Crippen LogP contribution in [0.4, 0.5) is 4.79 Å². The fourth-order valence-electron chi connectivity index (χ4n) is 3.54. The normalized spacial score (nSPS) is 19.0. The molecule has 0 atom stereocenters. The summed E-state index contributed by atoms with van der Waals surface area (Å²) in [6.07, 6.45) is 1.68. The summed E-state index contributed by atoms with van der Waals surface area (Å²) >= 11 is 0. The lowest BCUT2D eigenvalue weighted by Gasteiger charge is -2.30. The van der Waals surface area contributed by atoms with Gasteiger partial charge in [0.1, 0.15) is 17.8 Å². The number of aromatic hydroxyl groups is 1. The number of hydrogen-bond acceptors (Lipinski definition) is 4. The molecule has 3 rings (SSSR count). The maximum atomic E-state index is 12.6. The molecule has 25 heavy (non-hydrogen) atoms. The Morgan fingerprint density at radius 3 is 2.60 bits per heavy atom. The van der Waals surface area contributed by atoms with E-state index < -0.39 is 11.6 Å². The van der Waals surface area contributed by atoms with Crippen LogP contribution in [0, 0.1) is 0 Å². The van der Waals surface area contributed by atoms with Crippen molar-refractivity contribution in [2.24, 2.45) is 0 Å². The lowest BCUT2D eigenvalue weighted by atomic mass is 9.93. The number of carbonyl (C=O) groups is 3. The van der Waals surface area contributed by atoms with Gasteiger partial charge < -0.3 is 15.3 Å². The highest BCUT2D eigenvalue weighted by Crippen LogP contribution is 2.26. The summed E-state index contributed by atoms with van der Waals surface area (Å²) in [5.41, 5.74) is 1.11. The Morgan fingerprint density at radius 2 is 1.96 bits per heavy atom. The van der Waals surface area contributed by atoms with Gasteiger partial charge in [0.25, 0.3) is 5.91 Å². The standard InChI is InChI=1S/C18H23N3O4/c1-3-18(4-2)16(24)21(17(25)19-18)11-15(23)20-8-7-12-5-6-14(22)9-13(12)10-20/h5-6,9,22H,3-4,7-8,10-11H2,1-2H3,(H,19,25). The number of nitrogens with one attached hydrogen (secondary N) is 1. The Labute approximate surface area is 146 Å². The average molecular weight is 345 g/mol. The first kappa shape index (κ1) is 17.3.